The lowest BCUT2D eigenvalue weighted by atomic mass is 10.2. The quantitative estimate of drug-likeness (QED) is 0.819. The lowest BCUT2D eigenvalue weighted by Crippen LogP contribution is -2.27. The average molecular weight is 394 g/mol. The Kier molecular flexibility index (Phi) is 5.64. The fraction of sp³-hybridized carbons (Fsp3) is 0.389. The van der Waals surface area contributed by atoms with Crippen LogP contribution >= 0.6 is 11.3 Å². The Hall–Kier alpha value is -1.90. The van der Waals surface area contributed by atoms with Gasteiger partial charge in [0, 0.05) is 39.4 Å². The number of nitrogens with zero attached hydrogens (tertiary/aromatic N) is 2. The summed E-state index contributed by atoms with van der Waals surface area (Å²) in [5.74, 6) is -0.255. The Labute approximate surface area is 158 Å². The second kappa shape index (κ2) is 7.77. The molecule has 3 rings (SSSR count). The number of hydrogen-bond donors (Lipinski definition) is 1. The molecule has 6 nitrogen and oxygen atoms in total. The summed E-state index contributed by atoms with van der Waals surface area (Å²) in [4.78, 5) is 14.8. The predicted molar refractivity (Wildman–Crippen MR) is 104 cm³/mol. The van der Waals surface area contributed by atoms with Crippen molar-refractivity contribution in [2.45, 2.75) is 23.6 Å². The first-order valence-corrected chi connectivity index (χ1v) is 10.8. The van der Waals surface area contributed by atoms with E-state index in [2.05, 4.69) is 5.32 Å². The number of hydrogen-bond acceptors (Lipinski definition) is 5. The van der Waals surface area contributed by atoms with Crippen molar-refractivity contribution in [2.24, 2.45) is 0 Å². The number of nitrogens with one attached hydrogen (secondary N) is 1. The van der Waals surface area contributed by atoms with Crippen LogP contribution in [-0.2, 0) is 16.6 Å². The summed E-state index contributed by atoms with van der Waals surface area (Å²) in [7, 11) is 0.483. The van der Waals surface area contributed by atoms with Crippen molar-refractivity contribution in [3.63, 3.8) is 0 Å². The number of sulfonamides is 1. The molecule has 1 aliphatic heterocycles. The van der Waals surface area contributed by atoms with Crippen molar-refractivity contribution in [1.82, 2.24) is 9.62 Å². The fourth-order valence-electron chi connectivity index (χ4n) is 2.82. The SMILES string of the molecule is CN(C)c1ccc(CNC(=O)c2ccc(S(=O)(=O)N3CCCC3)s2)cc1. The van der Waals surface area contributed by atoms with Crippen molar-refractivity contribution < 1.29 is 13.2 Å². The summed E-state index contributed by atoms with van der Waals surface area (Å²) >= 11 is 1.03. The summed E-state index contributed by atoms with van der Waals surface area (Å²) in [5.41, 5.74) is 2.08. The molecule has 0 saturated carbocycles. The smallest absolute Gasteiger partial charge is 0.261 e. The van der Waals surface area contributed by atoms with Crippen LogP contribution in [0.4, 0.5) is 5.69 Å². The van der Waals surface area contributed by atoms with Crippen LogP contribution in [-0.4, -0.2) is 45.8 Å². The van der Waals surface area contributed by atoms with Crippen LogP contribution in [0.5, 0.6) is 0 Å². The van der Waals surface area contributed by atoms with Gasteiger partial charge in [0.1, 0.15) is 4.21 Å². The maximum absolute atomic E-state index is 12.5. The van der Waals surface area contributed by atoms with E-state index in [0.717, 1.165) is 35.4 Å². The zero-order valence-electron chi connectivity index (χ0n) is 14.9. The molecule has 0 bridgehead atoms. The molecule has 8 heteroatoms. The van der Waals surface area contributed by atoms with E-state index in [4.69, 9.17) is 0 Å². The summed E-state index contributed by atoms with van der Waals surface area (Å²) in [6.07, 6.45) is 1.79. The zero-order chi connectivity index (χ0) is 18.7. The Morgan fingerprint density at radius 3 is 2.38 bits per heavy atom. The van der Waals surface area contributed by atoms with Gasteiger partial charge < -0.3 is 10.2 Å². The van der Waals surface area contributed by atoms with Crippen LogP contribution in [0.2, 0.25) is 0 Å². The van der Waals surface area contributed by atoms with Crippen molar-refractivity contribution in [3.8, 4) is 0 Å². The first-order valence-electron chi connectivity index (χ1n) is 8.52. The van der Waals surface area contributed by atoms with Crippen molar-refractivity contribution in [1.29, 1.82) is 0 Å². The van der Waals surface area contributed by atoms with E-state index in [1.807, 2.05) is 43.3 Å². The summed E-state index contributed by atoms with van der Waals surface area (Å²) in [6, 6.07) is 11.0. The minimum absolute atomic E-state index is 0.236. The van der Waals surface area contributed by atoms with Gasteiger partial charge in [0.05, 0.1) is 4.88 Å². The summed E-state index contributed by atoms with van der Waals surface area (Å²) in [5, 5.41) is 2.85. The minimum Gasteiger partial charge on any atom is -0.378 e. The molecule has 0 spiro atoms. The highest BCUT2D eigenvalue weighted by Crippen LogP contribution is 2.27. The number of carbonyl (C=O) groups is 1. The van der Waals surface area contributed by atoms with Crippen LogP contribution in [0.25, 0.3) is 0 Å². The highest BCUT2D eigenvalue weighted by Gasteiger charge is 2.29. The Morgan fingerprint density at radius 2 is 1.77 bits per heavy atom. The van der Waals surface area contributed by atoms with Gasteiger partial charge in [0.15, 0.2) is 0 Å². The van der Waals surface area contributed by atoms with E-state index in [9.17, 15) is 13.2 Å². The average Bonchev–Trinajstić information content (AvgIpc) is 3.31. The maximum atomic E-state index is 12.5. The lowest BCUT2D eigenvalue weighted by molar-refractivity contribution is 0.0955. The van der Waals surface area contributed by atoms with E-state index in [1.165, 1.54) is 10.4 Å². The van der Waals surface area contributed by atoms with Gasteiger partial charge in [-0.2, -0.15) is 4.31 Å². The third kappa shape index (κ3) is 4.08. The molecule has 1 amide bonds. The van der Waals surface area contributed by atoms with Gasteiger partial charge in [-0.3, -0.25) is 4.79 Å². The van der Waals surface area contributed by atoms with Gasteiger partial charge in [-0.1, -0.05) is 12.1 Å². The molecule has 26 heavy (non-hydrogen) atoms. The van der Waals surface area contributed by atoms with E-state index in [0.29, 0.717) is 24.5 Å². The Bertz CT molecular complexity index is 867. The number of carbonyl (C=O) groups excluding carboxylic acids is 1. The summed E-state index contributed by atoms with van der Waals surface area (Å²) < 4.78 is 26.8. The van der Waals surface area contributed by atoms with Crippen molar-refractivity contribution in [2.75, 3.05) is 32.1 Å². The second-order valence-corrected chi connectivity index (χ2v) is 9.72. The molecule has 1 saturated heterocycles. The number of rotatable bonds is 6. The van der Waals surface area contributed by atoms with Crippen molar-refractivity contribution >= 4 is 33.0 Å². The molecule has 1 N–H and O–H groups in total. The molecule has 0 unspecified atom stereocenters. The van der Waals surface area contributed by atoms with Crippen LogP contribution in [0.1, 0.15) is 28.1 Å². The van der Waals surface area contributed by atoms with Crippen LogP contribution in [0, 0.1) is 0 Å². The molecule has 1 aromatic heterocycles. The summed E-state index contributed by atoms with van der Waals surface area (Å²) in [6.45, 7) is 1.52. The van der Waals surface area contributed by atoms with Gasteiger partial charge in [-0.05, 0) is 42.7 Å². The van der Waals surface area contributed by atoms with Gasteiger partial charge in [0.2, 0.25) is 0 Å². The molecule has 140 valence electrons. The van der Waals surface area contributed by atoms with E-state index < -0.39 is 10.0 Å². The standard InChI is InChI=1S/C18H23N3O3S2/c1-20(2)15-7-5-14(6-8-15)13-19-18(22)16-9-10-17(25-16)26(23,24)21-11-3-4-12-21/h5-10H,3-4,11-13H2,1-2H3,(H,19,22). The number of anilines is 1. The number of benzene rings is 1. The molecule has 1 aromatic carbocycles. The molecule has 1 fully saturated rings. The number of thiophene rings is 1. The topological polar surface area (TPSA) is 69.7 Å². The highest BCUT2D eigenvalue weighted by molar-refractivity contribution is 7.91. The first-order chi connectivity index (χ1) is 12.4. The highest BCUT2D eigenvalue weighted by atomic mass is 32.2. The largest absolute Gasteiger partial charge is 0.378 e. The maximum Gasteiger partial charge on any atom is 0.261 e. The fourth-order valence-corrected chi connectivity index (χ4v) is 5.71. The van der Waals surface area contributed by atoms with Gasteiger partial charge in [-0.15, -0.1) is 11.3 Å². The molecule has 2 heterocycles. The van der Waals surface area contributed by atoms with Crippen LogP contribution < -0.4 is 10.2 Å². The third-order valence-corrected chi connectivity index (χ3v) is 7.82. The second-order valence-electron chi connectivity index (χ2n) is 6.47. The molecule has 0 radical (unpaired) electrons. The normalized spacial score (nSPS) is 15.2. The van der Waals surface area contributed by atoms with E-state index in [-0.39, 0.29) is 10.1 Å². The Balaban J connectivity index is 1.63. The predicted octanol–water partition coefficient (Wildman–Crippen LogP) is 2.53. The zero-order valence-corrected chi connectivity index (χ0v) is 16.6. The minimum atomic E-state index is -3.46. The molecular formula is C18H23N3O3S2. The van der Waals surface area contributed by atoms with Crippen LogP contribution in [0.15, 0.2) is 40.6 Å². The molecular weight excluding hydrogens is 370 g/mol. The van der Waals surface area contributed by atoms with Crippen LogP contribution in [0.3, 0.4) is 0 Å². The number of amides is 1. The first kappa shape index (κ1) is 18.9. The molecule has 0 atom stereocenters. The molecule has 1 aliphatic rings. The lowest BCUT2D eigenvalue weighted by Gasteiger charge is -2.13. The van der Waals surface area contributed by atoms with E-state index in [1.54, 1.807) is 6.07 Å². The third-order valence-electron chi connectivity index (χ3n) is 4.37. The van der Waals surface area contributed by atoms with Gasteiger partial charge in [0.25, 0.3) is 15.9 Å². The Morgan fingerprint density at radius 1 is 1.12 bits per heavy atom. The monoisotopic (exact) mass is 393 g/mol. The van der Waals surface area contributed by atoms with Crippen molar-refractivity contribution in [3.05, 3.63) is 46.8 Å². The van der Waals surface area contributed by atoms with E-state index >= 15 is 0 Å². The van der Waals surface area contributed by atoms with Gasteiger partial charge >= 0.3 is 0 Å². The van der Waals surface area contributed by atoms with Gasteiger partial charge in [-0.25, -0.2) is 8.42 Å². The molecule has 0 aliphatic carbocycles. The molecule has 2 aromatic rings.